The molecule has 8 heteroatoms. The highest BCUT2D eigenvalue weighted by atomic mass is 35.5. The third kappa shape index (κ3) is 6.25. The summed E-state index contributed by atoms with van der Waals surface area (Å²) in [5.74, 6) is -0.360. The molecule has 37 heavy (non-hydrogen) atoms. The molecule has 0 heterocycles. The van der Waals surface area contributed by atoms with Crippen molar-refractivity contribution in [3.05, 3.63) is 130 Å². The average Bonchev–Trinajstić information content (AvgIpc) is 2.93. The minimum Gasteiger partial charge on any atom is -0.267 e. The molecule has 1 amide bonds. The summed E-state index contributed by atoms with van der Waals surface area (Å²) in [5, 5.41) is 4.62. The molecule has 6 nitrogen and oxygen atoms in total. The van der Waals surface area contributed by atoms with E-state index in [0.29, 0.717) is 27.5 Å². The molecule has 0 aliphatic rings. The zero-order chi connectivity index (χ0) is 26.4. The largest absolute Gasteiger partial charge is 0.271 e. The van der Waals surface area contributed by atoms with E-state index in [9.17, 15) is 13.2 Å². The van der Waals surface area contributed by atoms with Crippen LogP contribution in [0.1, 0.15) is 34.0 Å². The van der Waals surface area contributed by atoms with Gasteiger partial charge in [0.1, 0.15) is 0 Å². The number of rotatable bonds is 8. The van der Waals surface area contributed by atoms with Crippen LogP contribution in [0.15, 0.2) is 113 Å². The Bertz CT molecular complexity index is 1520. The van der Waals surface area contributed by atoms with Crippen molar-refractivity contribution in [2.45, 2.75) is 25.3 Å². The molecule has 0 unspecified atom stereocenters. The Hall–Kier alpha value is -3.94. The molecule has 4 rings (SSSR count). The minimum atomic E-state index is -3.88. The van der Waals surface area contributed by atoms with E-state index in [1.165, 1.54) is 4.31 Å². The molecule has 0 saturated carbocycles. The highest BCUT2D eigenvalue weighted by Crippen LogP contribution is 2.31. The number of halogens is 1. The molecule has 0 fully saturated rings. The Labute approximate surface area is 222 Å². The summed E-state index contributed by atoms with van der Waals surface area (Å²) in [6, 6.07) is 29.7. The van der Waals surface area contributed by atoms with Crippen LogP contribution in [0.4, 0.5) is 5.69 Å². The first-order valence-corrected chi connectivity index (χ1v) is 13.4. The highest BCUT2D eigenvalue weighted by Gasteiger charge is 2.26. The fourth-order valence-corrected chi connectivity index (χ4v) is 5.44. The lowest BCUT2D eigenvalue weighted by molar-refractivity contribution is 0.0955. The van der Waals surface area contributed by atoms with Gasteiger partial charge >= 0.3 is 0 Å². The van der Waals surface area contributed by atoms with Crippen molar-refractivity contribution >= 4 is 38.9 Å². The van der Waals surface area contributed by atoms with Crippen LogP contribution in [-0.2, 0) is 16.6 Å². The van der Waals surface area contributed by atoms with Gasteiger partial charge in [0.2, 0.25) is 0 Å². The molecule has 188 valence electrons. The second-order valence-electron chi connectivity index (χ2n) is 8.46. The summed E-state index contributed by atoms with van der Waals surface area (Å²) in [4.78, 5) is 12.8. The zero-order valence-electron chi connectivity index (χ0n) is 20.4. The summed E-state index contributed by atoms with van der Waals surface area (Å²) in [5.41, 5.74) is 6.54. The maximum Gasteiger partial charge on any atom is 0.271 e. The first-order valence-electron chi connectivity index (χ1n) is 11.6. The highest BCUT2D eigenvalue weighted by molar-refractivity contribution is 7.92. The SMILES string of the molecule is C/C(=N/NC(=O)c1ccc(CN(c2cc(Cl)ccc2C)S(=O)(=O)c2ccccc2)cc1)c1ccccc1. The van der Waals surface area contributed by atoms with Gasteiger partial charge in [-0.3, -0.25) is 9.10 Å². The summed E-state index contributed by atoms with van der Waals surface area (Å²) < 4.78 is 28.6. The Morgan fingerprint density at radius 1 is 0.865 bits per heavy atom. The molecule has 0 aliphatic heterocycles. The fourth-order valence-electron chi connectivity index (χ4n) is 3.74. The van der Waals surface area contributed by atoms with Gasteiger partial charge in [-0.05, 0) is 66.9 Å². The Morgan fingerprint density at radius 2 is 1.49 bits per heavy atom. The van der Waals surface area contributed by atoms with Crippen molar-refractivity contribution in [2.24, 2.45) is 5.10 Å². The maximum atomic E-state index is 13.6. The van der Waals surface area contributed by atoms with Crippen molar-refractivity contribution in [2.75, 3.05) is 4.31 Å². The quantitative estimate of drug-likeness (QED) is 0.217. The smallest absolute Gasteiger partial charge is 0.267 e. The van der Waals surface area contributed by atoms with Crippen LogP contribution in [0.25, 0.3) is 0 Å². The Balaban J connectivity index is 1.58. The number of nitrogens with one attached hydrogen (secondary N) is 1. The number of hydrogen-bond acceptors (Lipinski definition) is 4. The van der Waals surface area contributed by atoms with Crippen LogP contribution in [0.3, 0.4) is 0 Å². The number of carbonyl (C=O) groups is 1. The van der Waals surface area contributed by atoms with Gasteiger partial charge in [0.15, 0.2) is 0 Å². The van der Waals surface area contributed by atoms with Crippen LogP contribution in [0.2, 0.25) is 5.02 Å². The summed E-state index contributed by atoms with van der Waals surface area (Å²) >= 11 is 6.23. The number of aryl methyl sites for hydroxylation is 1. The molecule has 0 aromatic heterocycles. The third-order valence-electron chi connectivity index (χ3n) is 5.83. The van der Waals surface area contributed by atoms with Gasteiger partial charge in [-0.2, -0.15) is 5.10 Å². The molecule has 0 spiro atoms. The van der Waals surface area contributed by atoms with E-state index in [2.05, 4.69) is 10.5 Å². The minimum absolute atomic E-state index is 0.0611. The number of nitrogens with zero attached hydrogens (tertiary/aromatic N) is 2. The number of sulfonamides is 1. The molecule has 0 aliphatic carbocycles. The Kier molecular flexibility index (Phi) is 8.06. The molecule has 0 radical (unpaired) electrons. The van der Waals surface area contributed by atoms with Gasteiger partial charge < -0.3 is 0 Å². The van der Waals surface area contributed by atoms with E-state index in [1.807, 2.05) is 44.2 Å². The van der Waals surface area contributed by atoms with Gasteiger partial charge in [-0.1, -0.05) is 78.3 Å². The van der Waals surface area contributed by atoms with E-state index in [4.69, 9.17) is 11.6 Å². The number of benzene rings is 4. The lowest BCUT2D eigenvalue weighted by Gasteiger charge is -2.26. The van der Waals surface area contributed by atoms with E-state index >= 15 is 0 Å². The van der Waals surface area contributed by atoms with Crippen LogP contribution < -0.4 is 9.73 Å². The molecule has 1 N–H and O–H groups in total. The van der Waals surface area contributed by atoms with Gasteiger partial charge in [-0.25, -0.2) is 13.8 Å². The molecule has 4 aromatic rings. The molecule has 0 atom stereocenters. The standard InChI is InChI=1S/C29H26ClN3O3S/c1-21-13-18-26(30)19-28(21)33(37(35,36)27-11-7-4-8-12-27)20-23-14-16-25(17-15-23)29(34)32-31-22(2)24-9-5-3-6-10-24/h3-19H,20H2,1-2H3,(H,32,34)/b31-22-. The second-order valence-corrected chi connectivity index (χ2v) is 10.8. The molecule has 0 bridgehead atoms. The first-order chi connectivity index (χ1) is 17.8. The van der Waals surface area contributed by atoms with Crippen LogP contribution in [0, 0.1) is 6.92 Å². The van der Waals surface area contributed by atoms with Gasteiger partial charge in [0.25, 0.3) is 15.9 Å². The lowest BCUT2D eigenvalue weighted by atomic mass is 10.1. The fraction of sp³-hybridized carbons (Fsp3) is 0.103. The van der Waals surface area contributed by atoms with Crippen molar-refractivity contribution < 1.29 is 13.2 Å². The van der Waals surface area contributed by atoms with E-state index in [0.717, 1.165) is 11.1 Å². The van der Waals surface area contributed by atoms with E-state index in [1.54, 1.807) is 72.8 Å². The number of hydrogen-bond donors (Lipinski definition) is 1. The van der Waals surface area contributed by atoms with E-state index < -0.39 is 10.0 Å². The predicted molar refractivity (Wildman–Crippen MR) is 149 cm³/mol. The first kappa shape index (κ1) is 26.1. The van der Waals surface area contributed by atoms with Crippen molar-refractivity contribution in [1.29, 1.82) is 0 Å². The maximum absolute atomic E-state index is 13.6. The molecular weight excluding hydrogens is 506 g/mol. The van der Waals surface area contributed by atoms with Crippen molar-refractivity contribution in [1.82, 2.24) is 5.43 Å². The normalized spacial score (nSPS) is 11.7. The summed E-state index contributed by atoms with van der Waals surface area (Å²) in [7, 11) is -3.88. The average molecular weight is 532 g/mol. The van der Waals surface area contributed by atoms with Crippen LogP contribution in [-0.4, -0.2) is 20.0 Å². The number of anilines is 1. The van der Waals surface area contributed by atoms with E-state index in [-0.39, 0.29) is 17.3 Å². The zero-order valence-corrected chi connectivity index (χ0v) is 22.0. The summed E-state index contributed by atoms with van der Waals surface area (Å²) in [6.07, 6.45) is 0. The molecule has 4 aromatic carbocycles. The van der Waals surface area contributed by atoms with Gasteiger partial charge in [0, 0.05) is 10.6 Å². The summed E-state index contributed by atoms with van der Waals surface area (Å²) in [6.45, 7) is 3.72. The van der Waals surface area contributed by atoms with Crippen molar-refractivity contribution in [3.8, 4) is 0 Å². The number of hydrazone groups is 1. The van der Waals surface area contributed by atoms with Gasteiger partial charge in [0.05, 0.1) is 22.8 Å². The van der Waals surface area contributed by atoms with Crippen LogP contribution >= 0.6 is 11.6 Å². The topological polar surface area (TPSA) is 78.8 Å². The van der Waals surface area contributed by atoms with Gasteiger partial charge in [-0.15, -0.1) is 0 Å². The lowest BCUT2D eigenvalue weighted by Crippen LogP contribution is -2.31. The second kappa shape index (κ2) is 11.4. The molecular formula is C29H26ClN3O3S. The number of amides is 1. The predicted octanol–water partition coefficient (Wildman–Crippen LogP) is 6.20. The molecule has 0 saturated heterocycles. The monoisotopic (exact) mass is 531 g/mol. The number of carbonyl (C=O) groups excluding carboxylic acids is 1. The Morgan fingerprint density at radius 3 is 2.14 bits per heavy atom. The van der Waals surface area contributed by atoms with Crippen molar-refractivity contribution in [3.63, 3.8) is 0 Å². The van der Waals surface area contributed by atoms with Crippen LogP contribution in [0.5, 0.6) is 0 Å². The third-order valence-corrected chi connectivity index (χ3v) is 7.84.